The third-order valence-corrected chi connectivity index (χ3v) is 4.51. The second-order valence-corrected chi connectivity index (χ2v) is 7.32. The summed E-state index contributed by atoms with van der Waals surface area (Å²) in [6.45, 7) is 9.26. The van der Waals surface area contributed by atoms with Crippen molar-refractivity contribution in [3.63, 3.8) is 0 Å². The Balaban J connectivity index is 0.000000947. The van der Waals surface area contributed by atoms with E-state index in [1.165, 1.54) is 19.5 Å². The predicted molar refractivity (Wildman–Crippen MR) is 122 cm³/mol. The minimum atomic E-state index is -0.363. The van der Waals surface area contributed by atoms with E-state index in [9.17, 15) is 4.79 Å². The first kappa shape index (κ1) is 33.4. The third-order valence-electron chi connectivity index (χ3n) is 3.75. The molecule has 0 aliphatic heterocycles. The maximum absolute atomic E-state index is 12.6. The summed E-state index contributed by atoms with van der Waals surface area (Å²) < 4.78 is 10.2. The molecule has 0 aromatic carbocycles. The maximum Gasteiger partial charge on any atom is 2.00 e. The number of carbonyl (C=O) groups is 1. The van der Waals surface area contributed by atoms with Gasteiger partial charge in [0.2, 0.25) is 5.91 Å². The van der Waals surface area contributed by atoms with Crippen LogP contribution in [0.4, 0.5) is 5.13 Å². The number of aryl methyl sites for hydroxylation is 1. The SMILES string of the molecule is COc1cnc(Cl)cc1-c1cc(C)ncc1C(=O)Nc1nn[c-]s1.[CH2-]C([CH2-])OC[CH-]CO.[U+2].[U+2]. The topological polar surface area (TPSA) is 119 Å². The molecule has 3 rings (SSSR count). The van der Waals surface area contributed by atoms with Gasteiger partial charge >= 0.3 is 62.2 Å². The fraction of sp³-hybridized carbons (Fsp3) is 0.238. The molecular weight excluding hydrogens is 930 g/mol. The number of anilines is 1. The Hall–Kier alpha value is -0.556. The normalized spacial score (nSPS) is 9.85. The summed E-state index contributed by atoms with van der Waals surface area (Å²) in [6, 6.07) is 3.43. The standard InChI is InChI=1S/C15H11ClN5O2S.C6H11O2.2U/c1-8-3-9(10-4-13(16)18-6-12(10)23-2)11(5-17-8)14(22)20-15-21-19-7-24-15;1-6(2)8-5-3-4-7;;/h3-6H,1-2H3,(H,20,21,22);3,6-7H,1-2,4-5H2;;/q-1;-3;2*+2. The van der Waals surface area contributed by atoms with Crippen LogP contribution in [0.2, 0.25) is 5.15 Å². The van der Waals surface area contributed by atoms with Crippen molar-refractivity contribution >= 4 is 34.0 Å². The molecule has 0 radical (unpaired) electrons. The van der Waals surface area contributed by atoms with Gasteiger partial charge in [-0.15, -0.1) is 0 Å². The number of nitrogens with one attached hydrogen (secondary N) is 1. The van der Waals surface area contributed by atoms with E-state index in [0.29, 0.717) is 39.3 Å². The molecule has 3 aromatic heterocycles. The second-order valence-electron chi connectivity index (χ2n) is 6.16. The number of methoxy groups -OCH3 is 1. The van der Waals surface area contributed by atoms with Crippen molar-refractivity contribution in [1.82, 2.24) is 20.2 Å². The van der Waals surface area contributed by atoms with E-state index in [1.54, 1.807) is 18.6 Å². The zero-order valence-electron chi connectivity index (χ0n) is 18.5. The van der Waals surface area contributed by atoms with E-state index in [2.05, 4.69) is 44.8 Å². The maximum atomic E-state index is 12.6. The molecule has 34 heavy (non-hydrogen) atoms. The van der Waals surface area contributed by atoms with Crippen LogP contribution in [-0.2, 0) is 4.74 Å². The summed E-state index contributed by atoms with van der Waals surface area (Å²) in [7, 11) is 1.53. The number of hydrogen-bond donors (Lipinski definition) is 2. The zero-order chi connectivity index (χ0) is 23.5. The fourth-order valence-corrected chi connectivity index (χ4v) is 2.93. The quantitative estimate of drug-likeness (QED) is 0.201. The van der Waals surface area contributed by atoms with Gasteiger partial charge in [-0.3, -0.25) is 32.6 Å². The van der Waals surface area contributed by atoms with Crippen molar-refractivity contribution in [2.75, 3.05) is 25.6 Å². The van der Waals surface area contributed by atoms with Gasteiger partial charge in [0.15, 0.2) is 0 Å². The van der Waals surface area contributed by atoms with Crippen molar-refractivity contribution in [2.24, 2.45) is 0 Å². The number of hydrogen-bond acceptors (Lipinski definition) is 9. The molecule has 0 saturated heterocycles. The third kappa shape index (κ3) is 11.0. The molecule has 13 heteroatoms. The molecule has 0 aliphatic carbocycles. The predicted octanol–water partition coefficient (Wildman–Crippen LogP) is 3.25. The molecule has 176 valence electrons. The van der Waals surface area contributed by atoms with Crippen LogP contribution in [-0.4, -0.2) is 57.6 Å². The van der Waals surface area contributed by atoms with Gasteiger partial charge in [-0.2, -0.15) is 0 Å². The molecule has 0 unspecified atom stereocenters. The first-order valence-electron chi connectivity index (χ1n) is 9.23. The number of aliphatic hydroxyl groups is 1. The van der Waals surface area contributed by atoms with Crippen molar-refractivity contribution in [2.45, 2.75) is 13.0 Å². The van der Waals surface area contributed by atoms with Gasteiger partial charge in [0, 0.05) is 23.0 Å². The minimum Gasteiger partial charge on any atom is -0.494 e. The van der Waals surface area contributed by atoms with E-state index in [1.807, 2.05) is 6.92 Å². The Labute approximate surface area is 255 Å². The van der Waals surface area contributed by atoms with E-state index >= 15 is 0 Å². The molecule has 1 amide bonds. The summed E-state index contributed by atoms with van der Waals surface area (Å²) in [5.41, 5.74) is 4.96. The van der Waals surface area contributed by atoms with Gasteiger partial charge in [-0.1, -0.05) is 30.3 Å². The first-order chi connectivity index (χ1) is 15.3. The number of rotatable bonds is 8. The Kier molecular flexibility index (Phi) is 17.5. The zero-order valence-corrected chi connectivity index (χ0v) is 28.4. The molecule has 0 atom stereocenters. The van der Waals surface area contributed by atoms with Gasteiger partial charge in [0.05, 0.1) is 24.0 Å². The number of ether oxygens (including phenoxy) is 2. The van der Waals surface area contributed by atoms with Crippen LogP contribution >= 0.6 is 22.9 Å². The molecule has 9 nitrogen and oxygen atoms in total. The number of pyridine rings is 2. The monoisotopic (exact) mass is 951 g/mol. The summed E-state index contributed by atoms with van der Waals surface area (Å²) in [6.07, 6.45) is 4.37. The summed E-state index contributed by atoms with van der Waals surface area (Å²) in [5, 5.41) is 18.8. The van der Waals surface area contributed by atoms with Crippen molar-refractivity contribution in [3.8, 4) is 16.9 Å². The number of carbonyl (C=O) groups excluding carboxylic acids is 1. The minimum absolute atomic E-state index is 0. The fourth-order valence-electron chi connectivity index (χ4n) is 2.38. The molecular formula is C21H22ClN5O4SU2. The molecule has 0 saturated carbocycles. The van der Waals surface area contributed by atoms with Crippen LogP contribution in [0.5, 0.6) is 5.75 Å². The smallest absolute Gasteiger partial charge is 0.494 e. The van der Waals surface area contributed by atoms with Gasteiger partial charge in [0.1, 0.15) is 10.9 Å². The van der Waals surface area contributed by atoms with E-state index in [0.717, 1.165) is 17.0 Å². The van der Waals surface area contributed by atoms with E-state index in [-0.39, 0.29) is 80.8 Å². The molecule has 0 bridgehead atoms. The van der Waals surface area contributed by atoms with E-state index in [4.69, 9.17) is 26.2 Å². The van der Waals surface area contributed by atoms with Crippen molar-refractivity contribution in [3.05, 3.63) is 66.7 Å². The number of halogens is 1. The van der Waals surface area contributed by atoms with Crippen LogP contribution in [0.25, 0.3) is 11.1 Å². The average molecular weight is 952 g/mol. The molecule has 0 spiro atoms. The Morgan fingerprint density at radius 2 is 2.03 bits per heavy atom. The number of amides is 1. The molecule has 2 N–H and O–H groups in total. The van der Waals surface area contributed by atoms with Crippen molar-refractivity contribution < 1.29 is 81.6 Å². The summed E-state index contributed by atoms with van der Waals surface area (Å²) >= 11 is 7.11. The number of aliphatic hydroxyl groups excluding tert-OH is 1. The summed E-state index contributed by atoms with van der Waals surface area (Å²) in [4.78, 5) is 20.8. The Morgan fingerprint density at radius 3 is 2.62 bits per heavy atom. The average Bonchev–Trinajstić information content (AvgIpc) is 3.27. The van der Waals surface area contributed by atoms with Crippen LogP contribution in [0, 0.1) is 94.9 Å². The molecule has 0 aliphatic rings. The summed E-state index contributed by atoms with van der Waals surface area (Å²) in [5.74, 6) is 0.140. The van der Waals surface area contributed by atoms with Crippen molar-refractivity contribution in [1.29, 1.82) is 0 Å². The van der Waals surface area contributed by atoms with Crippen LogP contribution in [0.15, 0.2) is 24.5 Å². The Morgan fingerprint density at radius 1 is 1.29 bits per heavy atom. The number of aromatic nitrogens is 4. The van der Waals surface area contributed by atoms with Gasteiger partial charge < -0.3 is 33.7 Å². The largest absolute Gasteiger partial charge is 2.00 e. The van der Waals surface area contributed by atoms with Crippen LogP contribution in [0.3, 0.4) is 0 Å². The first-order valence-corrected chi connectivity index (χ1v) is 10.4. The molecule has 0 fully saturated rings. The van der Waals surface area contributed by atoms with Crippen LogP contribution < -0.4 is 10.1 Å². The van der Waals surface area contributed by atoms with Gasteiger partial charge in [-0.25, -0.2) is 16.2 Å². The van der Waals surface area contributed by atoms with Crippen LogP contribution in [0.1, 0.15) is 16.1 Å². The second kappa shape index (κ2) is 17.8. The number of nitrogens with zero attached hydrogens (tertiary/aromatic N) is 4. The van der Waals surface area contributed by atoms with Gasteiger partial charge in [-0.05, 0) is 19.1 Å². The van der Waals surface area contributed by atoms with E-state index < -0.39 is 0 Å². The molecule has 3 heterocycles. The molecule has 3 aromatic rings. The van der Waals surface area contributed by atoms with Gasteiger partial charge in [0.25, 0.3) is 0 Å². The Bertz CT molecular complexity index is 1010.